The number of methoxy groups -OCH3 is 1. The summed E-state index contributed by atoms with van der Waals surface area (Å²) in [7, 11) is 1.64. The number of nitrogens with zero attached hydrogens (tertiary/aromatic N) is 1. The molecule has 2 aromatic rings. The van der Waals surface area contributed by atoms with Gasteiger partial charge in [-0.3, -0.25) is 4.79 Å². The van der Waals surface area contributed by atoms with Crippen molar-refractivity contribution in [3.05, 3.63) is 44.9 Å². The lowest BCUT2D eigenvalue weighted by atomic mass is 10.1. The largest absolute Gasteiger partial charge is 0.378 e. The van der Waals surface area contributed by atoms with Gasteiger partial charge in [0.15, 0.2) is 0 Å². The Morgan fingerprint density at radius 3 is 2.81 bits per heavy atom. The fraction of sp³-hybridized carbons (Fsp3) is 0.375. The van der Waals surface area contributed by atoms with Gasteiger partial charge >= 0.3 is 0 Å². The van der Waals surface area contributed by atoms with E-state index >= 15 is 0 Å². The average Bonchev–Trinajstić information content (AvgIpc) is 2.76. The van der Waals surface area contributed by atoms with E-state index in [0.717, 1.165) is 26.8 Å². The van der Waals surface area contributed by atoms with Gasteiger partial charge in [-0.15, -0.1) is 11.3 Å². The SMILES string of the molecule is COCc1nc(C)c(CC(=O)Nc2cccc(C)c2C)s1. The zero-order valence-electron chi connectivity index (χ0n) is 12.8. The van der Waals surface area contributed by atoms with Gasteiger partial charge < -0.3 is 10.1 Å². The first-order chi connectivity index (χ1) is 10.0. The van der Waals surface area contributed by atoms with Gasteiger partial charge in [0.05, 0.1) is 18.7 Å². The van der Waals surface area contributed by atoms with Gasteiger partial charge in [0.2, 0.25) is 5.91 Å². The lowest BCUT2D eigenvalue weighted by molar-refractivity contribution is -0.115. The quantitative estimate of drug-likeness (QED) is 0.921. The minimum atomic E-state index is -0.0144. The van der Waals surface area contributed by atoms with Crippen LogP contribution in [-0.4, -0.2) is 18.0 Å². The lowest BCUT2D eigenvalue weighted by Crippen LogP contribution is -2.15. The molecule has 0 unspecified atom stereocenters. The summed E-state index contributed by atoms with van der Waals surface area (Å²) < 4.78 is 5.07. The number of benzene rings is 1. The van der Waals surface area contributed by atoms with E-state index in [1.54, 1.807) is 7.11 Å². The number of carbonyl (C=O) groups excluding carboxylic acids is 1. The Bertz CT molecular complexity index is 650. The molecule has 0 aliphatic heterocycles. The minimum absolute atomic E-state index is 0.0144. The number of amides is 1. The van der Waals surface area contributed by atoms with Crippen molar-refractivity contribution < 1.29 is 9.53 Å². The van der Waals surface area contributed by atoms with Crippen LogP contribution in [0.5, 0.6) is 0 Å². The van der Waals surface area contributed by atoms with Gasteiger partial charge in [-0.1, -0.05) is 12.1 Å². The minimum Gasteiger partial charge on any atom is -0.378 e. The molecule has 1 amide bonds. The molecule has 0 saturated carbocycles. The van der Waals surface area contributed by atoms with Crippen LogP contribution in [0, 0.1) is 20.8 Å². The molecule has 0 radical (unpaired) electrons. The molecular formula is C16H20N2O2S. The molecule has 1 aromatic carbocycles. The highest BCUT2D eigenvalue weighted by molar-refractivity contribution is 7.11. The number of rotatable bonds is 5. The molecule has 112 valence electrons. The molecular weight excluding hydrogens is 284 g/mol. The van der Waals surface area contributed by atoms with Crippen LogP contribution in [0.4, 0.5) is 5.69 Å². The van der Waals surface area contributed by atoms with Gasteiger partial charge in [-0.25, -0.2) is 4.98 Å². The Morgan fingerprint density at radius 1 is 1.33 bits per heavy atom. The fourth-order valence-corrected chi connectivity index (χ4v) is 3.10. The molecule has 0 saturated heterocycles. The maximum Gasteiger partial charge on any atom is 0.229 e. The van der Waals surface area contributed by atoms with E-state index in [1.807, 2.05) is 39.0 Å². The van der Waals surface area contributed by atoms with Crippen molar-refractivity contribution in [2.45, 2.75) is 33.8 Å². The lowest BCUT2D eigenvalue weighted by Gasteiger charge is -2.09. The summed E-state index contributed by atoms with van der Waals surface area (Å²) in [5.41, 5.74) is 4.05. The topological polar surface area (TPSA) is 51.2 Å². The zero-order chi connectivity index (χ0) is 15.4. The van der Waals surface area contributed by atoms with E-state index in [9.17, 15) is 4.79 Å². The Balaban J connectivity index is 2.06. The summed E-state index contributed by atoms with van der Waals surface area (Å²) in [6.45, 7) is 6.47. The first-order valence-corrected chi connectivity index (χ1v) is 7.63. The molecule has 1 heterocycles. The summed E-state index contributed by atoms with van der Waals surface area (Å²) in [5.74, 6) is -0.0144. The van der Waals surface area contributed by atoms with E-state index in [2.05, 4.69) is 10.3 Å². The molecule has 0 aliphatic carbocycles. The Kier molecular flexibility index (Phi) is 5.09. The zero-order valence-corrected chi connectivity index (χ0v) is 13.6. The highest BCUT2D eigenvalue weighted by Crippen LogP contribution is 2.21. The second kappa shape index (κ2) is 6.83. The number of hydrogen-bond donors (Lipinski definition) is 1. The van der Waals surface area contributed by atoms with Crippen molar-refractivity contribution in [1.82, 2.24) is 4.98 Å². The van der Waals surface area contributed by atoms with Crippen LogP contribution in [0.1, 0.15) is 26.7 Å². The second-order valence-electron chi connectivity index (χ2n) is 5.02. The van der Waals surface area contributed by atoms with Crippen molar-refractivity contribution in [1.29, 1.82) is 0 Å². The number of thiazole rings is 1. The maximum atomic E-state index is 12.2. The molecule has 0 spiro atoms. The number of aryl methyl sites for hydroxylation is 2. The molecule has 1 aromatic heterocycles. The third-order valence-corrected chi connectivity index (χ3v) is 4.54. The summed E-state index contributed by atoms with van der Waals surface area (Å²) in [6, 6.07) is 5.91. The van der Waals surface area contributed by atoms with E-state index in [4.69, 9.17) is 4.74 Å². The van der Waals surface area contributed by atoms with Gasteiger partial charge in [-0.2, -0.15) is 0 Å². The van der Waals surface area contributed by atoms with Gasteiger partial charge in [-0.05, 0) is 38.0 Å². The van der Waals surface area contributed by atoms with Crippen LogP contribution in [0.3, 0.4) is 0 Å². The van der Waals surface area contributed by atoms with E-state index in [1.165, 1.54) is 16.9 Å². The van der Waals surface area contributed by atoms with E-state index < -0.39 is 0 Å². The Morgan fingerprint density at radius 2 is 2.10 bits per heavy atom. The number of carbonyl (C=O) groups is 1. The van der Waals surface area contributed by atoms with Crippen LogP contribution in [0.15, 0.2) is 18.2 Å². The molecule has 2 rings (SSSR count). The fourth-order valence-electron chi connectivity index (χ4n) is 2.06. The van der Waals surface area contributed by atoms with E-state index in [-0.39, 0.29) is 5.91 Å². The molecule has 0 bridgehead atoms. The van der Waals surface area contributed by atoms with Crippen molar-refractivity contribution in [3.8, 4) is 0 Å². The third-order valence-electron chi connectivity index (χ3n) is 3.40. The van der Waals surface area contributed by atoms with Crippen LogP contribution < -0.4 is 5.32 Å². The molecule has 0 fully saturated rings. The number of anilines is 1. The Hall–Kier alpha value is -1.72. The standard InChI is InChI=1S/C16H20N2O2S/c1-10-6-5-7-13(11(10)2)18-15(19)8-14-12(3)17-16(21-14)9-20-4/h5-7H,8-9H2,1-4H3,(H,18,19). The van der Waals surface area contributed by atoms with Crippen LogP contribution in [-0.2, 0) is 22.6 Å². The smallest absolute Gasteiger partial charge is 0.229 e. The molecule has 4 nitrogen and oxygen atoms in total. The van der Waals surface area contributed by atoms with Gasteiger partial charge in [0.25, 0.3) is 0 Å². The average molecular weight is 304 g/mol. The number of nitrogens with one attached hydrogen (secondary N) is 1. The summed E-state index contributed by atoms with van der Waals surface area (Å²) in [4.78, 5) is 17.6. The van der Waals surface area contributed by atoms with Crippen LogP contribution in [0.2, 0.25) is 0 Å². The van der Waals surface area contributed by atoms with E-state index in [0.29, 0.717) is 13.0 Å². The number of hydrogen-bond acceptors (Lipinski definition) is 4. The molecule has 0 aliphatic rings. The normalized spacial score (nSPS) is 10.7. The first kappa shape index (κ1) is 15.7. The van der Waals surface area contributed by atoms with Crippen LogP contribution in [0.25, 0.3) is 0 Å². The number of ether oxygens (including phenoxy) is 1. The molecule has 21 heavy (non-hydrogen) atoms. The molecule has 0 atom stereocenters. The predicted octanol–water partition coefficient (Wildman–Crippen LogP) is 3.40. The predicted molar refractivity (Wildman–Crippen MR) is 85.8 cm³/mol. The monoisotopic (exact) mass is 304 g/mol. The van der Waals surface area contributed by atoms with Crippen molar-refractivity contribution in [3.63, 3.8) is 0 Å². The second-order valence-corrected chi connectivity index (χ2v) is 6.19. The van der Waals surface area contributed by atoms with Crippen molar-refractivity contribution >= 4 is 22.9 Å². The van der Waals surface area contributed by atoms with Crippen molar-refractivity contribution in [2.75, 3.05) is 12.4 Å². The highest BCUT2D eigenvalue weighted by atomic mass is 32.1. The summed E-state index contributed by atoms with van der Waals surface area (Å²) >= 11 is 1.53. The maximum absolute atomic E-state index is 12.2. The molecule has 5 heteroatoms. The Labute approximate surface area is 129 Å². The first-order valence-electron chi connectivity index (χ1n) is 6.81. The third kappa shape index (κ3) is 3.89. The van der Waals surface area contributed by atoms with Crippen molar-refractivity contribution in [2.24, 2.45) is 0 Å². The number of aromatic nitrogens is 1. The molecule has 1 N–H and O–H groups in total. The summed E-state index contributed by atoms with van der Waals surface area (Å²) in [5, 5.41) is 3.88. The van der Waals surface area contributed by atoms with Crippen LogP contribution >= 0.6 is 11.3 Å². The highest BCUT2D eigenvalue weighted by Gasteiger charge is 2.13. The van der Waals surface area contributed by atoms with Gasteiger partial charge in [0.1, 0.15) is 5.01 Å². The summed E-state index contributed by atoms with van der Waals surface area (Å²) in [6.07, 6.45) is 0.348. The van der Waals surface area contributed by atoms with Gasteiger partial charge in [0, 0.05) is 17.7 Å².